The van der Waals surface area contributed by atoms with Gasteiger partial charge in [0.05, 0.1) is 4.88 Å². The van der Waals surface area contributed by atoms with Gasteiger partial charge < -0.3 is 4.74 Å². The summed E-state index contributed by atoms with van der Waals surface area (Å²) in [5, 5.41) is 9.32. The Morgan fingerprint density at radius 2 is 2.33 bits per heavy atom. The average molecular weight is 281 g/mol. The normalized spacial score (nSPS) is 17.1. The van der Waals surface area contributed by atoms with Crippen LogP contribution in [0.2, 0.25) is 0 Å². The Kier molecular flexibility index (Phi) is 3.58. The highest BCUT2D eigenvalue weighted by Crippen LogP contribution is 2.25. The minimum atomic E-state index is 0.641. The zero-order valence-electron chi connectivity index (χ0n) is 9.96. The first-order valence-corrected chi connectivity index (χ1v) is 7.40. The molecule has 0 saturated carbocycles. The van der Waals surface area contributed by atoms with E-state index in [0.29, 0.717) is 10.7 Å². The molecule has 0 spiro atoms. The zero-order chi connectivity index (χ0) is 12.4. The monoisotopic (exact) mass is 281 g/mol. The summed E-state index contributed by atoms with van der Waals surface area (Å²) in [6.07, 6.45) is 2.22. The summed E-state index contributed by atoms with van der Waals surface area (Å²) in [5.41, 5.74) is 0. The van der Waals surface area contributed by atoms with Gasteiger partial charge >= 0.3 is 0 Å². The molecule has 2 aromatic heterocycles. The van der Waals surface area contributed by atoms with Gasteiger partial charge in [0.2, 0.25) is 0 Å². The van der Waals surface area contributed by atoms with E-state index >= 15 is 0 Å². The molecule has 1 saturated heterocycles. The largest absolute Gasteiger partial charge is 0.381 e. The Labute approximate surface area is 115 Å². The predicted octanol–water partition coefficient (Wildman–Crippen LogP) is 3.10. The average Bonchev–Trinajstić information content (AvgIpc) is 3.02. The van der Waals surface area contributed by atoms with Gasteiger partial charge in [-0.2, -0.15) is 5.10 Å². The second-order valence-electron chi connectivity index (χ2n) is 4.50. The number of hydrogen-bond donors (Lipinski definition) is 1. The van der Waals surface area contributed by atoms with Crippen LogP contribution in [0, 0.1) is 10.7 Å². The van der Waals surface area contributed by atoms with Crippen molar-refractivity contribution in [1.82, 2.24) is 14.8 Å². The third-order valence-electron chi connectivity index (χ3n) is 3.28. The molecule has 0 bridgehead atoms. The summed E-state index contributed by atoms with van der Waals surface area (Å²) in [6, 6.07) is 4.12. The van der Waals surface area contributed by atoms with E-state index in [-0.39, 0.29) is 0 Å². The highest BCUT2D eigenvalue weighted by Gasteiger charge is 2.18. The van der Waals surface area contributed by atoms with Crippen molar-refractivity contribution in [2.75, 3.05) is 13.2 Å². The molecule has 0 unspecified atom stereocenters. The standard InChI is InChI=1S/C12H15N3OS2/c17-12-14-13-11(10-2-1-7-18-10)15(12)8-9-3-5-16-6-4-9/h1-2,7,9H,3-6,8H2,(H,14,17). The van der Waals surface area contributed by atoms with Crippen LogP contribution in [0.1, 0.15) is 12.8 Å². The van der Waals surface area contributed by atoms with Gasteiger partial charge in [-0.05, 0) is 42.4 Å². The maximum Gasteiger partial charge on any atom is 0.195 e. The van der Waals surface area contributed by atoms with Gasteiger partial charge in [-0.1, -0.05) is 6.07 Å². The first-order chi connectivity index (χ1) is 8.84. The quantitative estimate of drug-likeness (QED) is 0.879. The molecule has 0 amide bonds. The van der Waals surface area contributed by atoms with Crippen LogP contribution >= 0.6 is 23.6 Å². The topological polar surface area (TPSA) is 42.8 Å². The molecule has 3 heterocycles. The molecule has 18 heavy (non-hydrogen) atoms. The van der Waals surface area contributed by atoms with E-state index in [4.69, 9.17) is 17.0 Å². The molecule has 96 valence electrons. The fraction of sp³-hybridized carbons (Fsp3) is 0.500. The number of nitrogens with zero attached hydrogens (tertiary/aromatic N) is 2. The Balaban J connectivity index is 1.86. The molecule has 0 aliphatic carbocycles. The van der Waals surface area contributed by atoms with Gasteiger partial charge in [0, 0.05) is 19.8 Å². The summed E-state index contributed by atoms with van der Waals surface area (Å²) in [5.74, 6) is 1.60. The summed E-state index contributed by atoms with van der Waals surface area (Å²) >= 11 is 7.02. The van der Waals surface area contributed by atoms with Crippen LogP contribution in [0.25, 0.3) is 10.7 Å². The number of ether oxygens (including phenoxy) is 1. The number of aromatic nitrogens is 3. The second kappa shape index (κ2) is 5.34. The van der Waals surface area contributed by atoms with Gasteiger partial charge in [0.1, 0.15) is 0 Å². The molecule has 2 aromatic rings. The minimum absolute atomic E-state index is 0.641. The number of rotatable bonds is 3. The second-order valence-corrected chi connectivity index (χ2v) is 5.83. The zero-order valence-corrected chi connectivity index (χ0v) is 11.6. The van der Waals surface area contributed by atoms with Crippen molar-refractivity contribution in [3.8, 4) is 10.7 Å². The van der Waals surface area contributed by atoms with Gasteiger partial charge in [0.25, 0.3) is 0 Å². The molecule has 3 rings (SSSR count). The third kappa shape index (κ3) is 2.41. The molecule has 0 radical (unpaired) electrons. The highest BCUT2D eigenvalue weighted by atomic mass is 32.1. The smallest absolute Gasteiger partial charge is 0.195 e. The maximum atomic E-state index is 5.39. The lowest BCUT2D eigenvalue weighted by Gasteiger charge is -2.22. The van der Waals surface area contributed by atoms with E-state index in [1.807, 2.05) is 6.07 Å². The van der Waals surface area contributed by atoms with Gasteiger partial charge in [0.15, 0.2) is 10.6 Å². The SMILES string of the molecule is S=c1[nH]nc(-c2cccs2)n1CC1CCOCC1. The summed E-state index contributed by atoms with van der Waals surface area (Å²) < 4.78 is 8.23. The number of hydrogen-bond acceptors (Lipinski definition) is 4. The van der Waals surface area contributed by atoms with Crippen LogP contribution in [-0.4, -0.2) is 28.0 Å². The van der Waals surface area contributed by atoms with E-state index in [9.17, 15) is 0 Å². The van der Waals surface area contributed by atoms with Crippen molar-refractivity contribution >= 4 is 23.6 Å². The van der Waals surface area contributed by atoms with E-state index in [2.05, 4.69) is 26.2 Å². The lowest BCUT2D eigenvalue weighted by molar-refractivity contribution is 0.0612. The van der Waals surface area contributed by atoms with E-state index < -0.39 is 0 Å². The number of nitrogens with one attached hydrogen (secondary N) is 1. The van der Waals surface area contributed by atoms with Crippen molar-refractivity contribution in [3.05, 3.63) is 22.3 Å². The van der Waals surface area contributed by atoms with Crippen molar-refractivity contribution in [2.24, 2.45) is 5.92 Å². The molecule has 1 fully saturated rings. The number of thiophene rings is 1. The van der Waals surface area contributed by atoms with Gasteiger partial charge in [-0.25, -0.2) is 0 Å². The Hall–Kier alpha value is -0.980. The number of H-pyrrole nitrogens is 1. The lowest BCUT2D eigenvalue weighted by Crippen LogP contribution is -2.20. The third-order valence-corrected chi connectivity index (χ3v) is 4.46. The van der Waals surface area contributed by atoms with Crippen LogP contribution in [0.5, 0.6) is 0 Å². The summed E-state index contributed by atoms with van der Waals surface area (Å²) in [7, 11) is 0. The molecule has 1 aliphatic heterocycles. The molecule has 1 aliphatic rings. The van der Waals surface area contributed by atoms with Crippen molar-refractivity contribution in [2.45, 2.75) is 19.4 Å². The first-order valence-electron chi connectivity index (χ1n) is 6.11. The van der Waals surface area contributed by atoms with Crippen molar-refractivity contribution in [3.63, 3.8) is 0 Å². The molecule has 0 atom stereocenters. The van der Waals surface area contributed by atoms with E-state index in [0.717, 1.165) is 43.3 Å². The Morgan fingerprint density at radius 3 is 3.06 bits per heavy atom. The molecule has 1 N–H and O–H groups in total. The molecular formula is C12H15N3OS2. The first kappa shape index (κ1) is 12.1. The minimum Gasteiger partial charge on any atom is -0.381 e. The highest BCUT2D eigenvalue weighted by molar-refractivity contribution is 7.71. The van der Waals surface area contributed by atoms with Crippen LogP contribution < -0.4 is 0 Å². The van der Waals surface area contributed by atoms with E-state index in [1.54, 1.807) is 11.3 Å². The van der Waals surface area contributed by atoms with Gasteiger partial charge in [-0.3, -0.25) is 9.67 Å². The van der Waals surface area contributed by atoms with Crippen LogP contribution in [-0.2, 0) is 11.3 Å². The number of aromatic amines is 1. The Morgan fingerprint density at radius 1 is 1.50 bits per heavy atom. The van der Waals surface area contributed by atoms with Crippen molar-refractivity contribution in [1.29, 1.82) is 0 Å². The molecular weight excluding hydrogens is 266 g/mol. The summed E-state index contributed by atoms with van der Waals surface area (Å²) in [4.78, 5) is 1.16. The van der Waals surface area contributed by atoms with Crippen LogP contribution in [0.15, 0.2) is 17.5 Å². The lowest BCUT2D eigenvalue weighted by atomic mass is 10.0. The fourth-order valence-corrected chi connectivity index (χ4v) is 3.20. The maximum absolute atomic E-state index is 5.39. The fourth-order valence-electron chi connectivity index (χ4n) is 2.27. The molecule has 6 heteroatoms. The van der Waals surface area contributed by atoms with Gasteiger partial charge in [-0.15, -0.1) is 11.3 Å². The van der Waals surface area contributed by atoms with Crippen LogP contribution in [0.3, 0.4) is 0 Å². The van der Waals surface area contributed by atoms with E-state index in [1.165, 1.54) is 0 Å². The molecule has 0 aromatic carbocycles. The van der Waals surface area contributed by atoms with Crippen LogP contribution in [0.4, 0.5) is 0 Å². The van der Waals surface area contributed by atoms with Crippen molar-refractivity contribution < 1.29 is 4.74 Å². The molecule has 4 nitrogen and oxygen atoms in total. The Bertz CT molecular complexity index is 552. The summed E-state index contributed by atoms with van der Waals surface area (Å²) in [6.45, 7) is 2.67. The predicted molar refractivity (Wildman–Crippen MR) is 74.3 cm³/mol.